The smallest absolute Gasteiger partial charge is 0.255 e. The quantitative estimate of drug-likeness (QED) is 0.805. The molecule has 23 heavy (non-hydrogen) atoms. The number of ether oxygens (including phenoxy) is 1. The highest BCUT2D eigenvalue weighted by atomic mass is 32.2. The second kappa shape index (κ2) is 6.21. The van der Waals surface area contributed by atoms with Crippen LogP contribution in [0.15, 0.2) is 41.3 Å². The zero-order chi connectivity index (χ0) is 16.4. The third-order valence-corrected chi connectivity index (χ3v) is 4.38. The van der Waals surface area contributed by atoms with E-state index < -0.39 is 0 Å². The van der Waals surface area contributed by atoms with Gasteiger partial charge in [-0.1, -0.05) is 0 Å². The van der Waals surface area contributed by atoms with Gasteiger partial charge in [0, 0.05) is 22.2 Å². The van der Waals surface area contributed by atoms with E-state index in [9.17, 15) is 14.7 Å². The van der Waals surface area contributed by atoms with Crippen molar-refractivity contribution in [1.29, 1.82) is 0 Å². The van der Waals surface area contributed by atoms with Crippen molar-refractivity contribution in [2.24, 2.45) is 0 Å². The molecule has 0 spiro atoms. The van der Waals surface area contributed by atoms with Gasteiger partial charge in [-0.2, -0.15) is 0 Å². The van der Waals surface area contributed by atoms with E-state index in [4.69, 9.17) is 4.74 Å². The monoisotopic (exact) mass is 330 g/mol. The van der Waals surface area contributed by atoms with Gasteiger partial charge in [-0.15, -0.1) is 11.8 Å². The van der Waals surface area contributed by atoms with Crippen LogP contribution in [0.25, 0.3) is 0 Å². The number of phenolic OH excluding ortho intramolecular Hbond substituents is 1. The van der Waals surface area contributed by atoms with Crippen LogP contribution in [0, 0.1) is 0 Å². The lowest BCUT2D eigenvalue weighted by atomic mass is 10.1. The molecule has 1 aliphatic heterocycles. The summed E-state index contributed by atoms with van der Waals surface area (Å²) in [5.74, 6) is 0.238. The molecule has 2 aromatic carbocycles. The highest BCUT2D eigenvalue weighted by Crippen LogP contribution is 2.32. The fourth-order valence-electron chi connectivity index (χ4n) is 2.20. The van der Waals surface area contributed by atoms with Crippen LogP contribution >= 0.6 is 11.8 Å². The predicted octanol–water partition coefficient (Wildman–Crippen LogP) is 2.70. The number of carbonyl (C=O) groups excluding carboxylic acids is 2. The first-order valence-electron chi connectivity index (χ1n) is 6.82. The molecule has 0 unspecified atom stereocenters. The van der Waals surface area contributed by atoms with Crippen molar-refractivity contribution in [2.75, 3.05) is 23.5 Å². The summed E-state index contributed by atoms with van der Waals surface area (Å²) in [6, 6.07) is 9.74. The van der Waals surface area contributed by atoms with E-state index in [0.717, 1.165) is 4.90 Å². The van der Waals surface area contributed by atoms with Gasteiger partial charge >= 0.3 is 0 Å². The topological polar surface area (TPSA) is 87.7 Å². The zero-order valence-electron chi connectivity index (χ0n) is 12.3. The Balaban J connectivity index is 1.79. The molecule has 0 aromatic heterocycles. The third-order valence-electron chi connectivity index (χ3n) is 3.31. The maximum Gasteiger partial charge on any atom is 0.255 e. The van der Waals surface area contributed by atoms with Gasteiger partial charge in [0.25, 0.3) is 5.91 Å². The minimum atomic E-state index is -0.331. The number of benzene rings is 2. The number of nitrogens with one attached hydrogen (secondary N) is 2. The van der Waals surface area contributed by atoms with Crippen LogP contribution in [0.2, 0.25) is 0 Å². The van der Waals surface area contributed by atoms with Crippen LogP contribution in [0.5, 0.6) is 11.5 Å². The Kier molecular flexibility index (Phi) is 4.12. The van der Waals surface area contributed by atoms with Crippen molar-refractivity contribution in [3.8, 4) is 11.5 Å². The number of thioether (sulfide) groups is 1. The lowest BCUT2D eigenvalue weighted by molar-refractivity contribution is -0.113. The van der Waals surface area contributed by atoms with Gasteiger partial charge in [-0.25, -0.2) is 0 Å². The highest BCUT2D eigenvalue weighted by molar-refractivity contribution is 8.00. The number of amides is 2. The zero-order valence-corrected chi connectivity index (χ0v) is 13.1. The molecule has 0 saturated heterocycles. The summed E-state index contributed by atoms with van der Waals surface area (Å²) in [5, 5.41) is 15.2. The second-order valence-corrected chi connectivity index (χ2v) is 5.91. The van der Waals surface area contributed by atoms with Crippen molar-refractivity contribution in [3.05, 3.63) is 42.0 Å². The SMILES string of the molecule is COc1ccc(NC(=O)c2ccc3c(c2)NC(=O)CS3)cc1O. The molecule has 0 fully saturated rings. The molecule has 6 nitrogen and oxygen atoms in total. The average molecular weight is 330 g/mol. The van der Waals surface area contributed by atoms with Crippen LogP contribution in [-0.4, -0.2) is 29.8 Å². The van der Waals surface area contributed by atoms with E-state index in [1.807, 2.05) is 0 Å². The number of anilines is 2. The molecular weight excluding hydrogens is 316 g/mol. The number of hydrogen-bond donors (Lipinski definition) is 3. The number of methoxy groups -OCH3 is 1. The first-order chi connectivity index (χ1) is 11.1. The first-order valence-corrected chi connectivity index (χ1v) is 7.80. The fraction of sp³-hybridized carbons (Fsp3) is 0.125. The molecular formula is C16H14N2O4S. The molecule has 0 atom stereocenters. The van der Waals surface area contributed by atoms with E-state index in [1.165, 1.54) is 24.9 Å². The number of hydrogen-bond acceptors (Lipinski definition) is 5. The lowest BCUT2D eigenvalue weighted by Gasteiger charge is -2.17. The van der Waals surface area contributed by atoms with E-state index in [-0.39, 0.29) is 17.6 Å². The minimum absolute atomic E-state index is 0.0561. The average Bonchev–Trinajstić information content (AvgIpc) is 2.54. The molecule has 0 radical (unpaired) electrons. The Morgan fingerprint density at radius 1 is 1.30 bits per heavy atom. The van der Waals surface area contributed by atoms with E-state index in [0.29, 0.717) is 28.4 Å². The van der Waals surface area contributed by atoms with E-state index >= 15 is 0 Å². The number of aromatic hydroxyl groups is 1. The van der Waals surface area contributed by atoms with Gasteiger partial charge in [0.05, 0.1) is 18.6 Å². The maximum atomic E-state index is 12.3. The van der Waals surface area contributed by atoms with Crippen LogP contribution in [0.1, 0.15) is 10.4 Å². The van der Waals surface area contributed by atoms with Crippen molar-refractivity contribution in [1.82, 2.24) is 0 Å². The maximum absolute atomic E-state index is 12.3. The fourth-order valence-corrected chi connectivity index (χ4v) is 2.98. The van der Waals surface area contributed by atoms with Crippen LogP contribution in [0.3, 0.4) is 0 Å². The van der Waals surface area contributed by atoms with Gasteiger partial charge in [0.15, 0.2) is 11.5 Å². The summed E-state index contributed by atoms with van der Waals surface area (Å²) >= 11 is 1.44. The van der Waals surface area contributed by atoms with Crippen LogP contribution in [-0.2, 0) is 4.79 Å². The molecule has 0 aliphatic carbocycles. The second-order valence-electron chi connectivity index (χ2n) is 4.89. The number of rotatable bonds is 3. The molecule has 2 amide bonds. The Morgan fingerprint density at radius 2 is 2.13 bits per heavy atom. The standard InChI is InChI=1S/C16H14N2O4S/c1-22-13-4-3-10(7-12(13)19)17-16(21)9-2-5-14-11(6-9)18-15(20)8-23-14/h2-7,19H,8H2,1H3,(H,17,21)(H,18,20). The number of carbonyl (C=O) groups is 2. The van der Waals surface area contributed by atoms with Crippen LogP contribution < -0.4 is 15.4 Å². The van der Waals surface area contributed by atoms with Crippen LogP contribution in [0.4, 0.5) is 11.4 Å². The summed E-state index contributed by atoms with van der Waals surface area (Å²) in [5.41, 5.74) is 1.50. The molecule has 0 bridgehead atoms. The van der Waals surface area contributed by atoms with Gasteiger partial charge in [-0.05, 0) is 30.3 Å². The Morgan fingerprint density at radius 3 is 2.87 bits per heavy atom. The normalized spacial score (nSPS) is 13.0. The van der Waals surface area contributed by atoms with Gasteiger partial charge in [0.2, 0.25) is 5.91 Å². The summed E-state index contributed by atoms with van der Waals surface area (Å²) in [6.07, 6.45) is 0. The molecule has 1 aliphatic rings. The number of fused-ring (bicyclic) bond motifs is 1. The van der Waals surface area contributed by atoms with Gasteiger partial charge in [-0.3, -0.25) is 9.59 Å². The molecule has 118 valence electrons. The minimum Gasteiger partial charge on any atom is -0.504 e. The predicted molar refractivity (Wildman–Crippen MR) is 88.4 cm³/mol. The summed E-state index contributed by atoms with van der Waals surface area (Å²) in [7, 11) is 1.45. The van der Waals surface area contributed by atoms with Gasteiger partial charge in [0.1, 0.15) is 0 Å². The molecule has 2 aromatic rings. The van der Waals surface area contributed by atoms with E-state index in [1.54, 1.807) is 30.3 Å². The van der Waals surface area contributed by atoms with Gasteiger partial charge < -0.3 is 20.5 Å². The van der Waals surface area contributed by atoms with Crippen molar-refractivity contribution in [2.45, 2.75) is 4.90 Å². The van der Waals surface area contributed by atoms with Crippen molar-refractivity contribution >= 4 is 35.0 Å². The molecule has 1 heterocycles. The molecule has 3 N–H and O–H groups in total. The van der Waals surface area contributed by atoms with E-state index in [2.05, 4.69) is 10.6 Å². The Hall–Kier alpha value is -2.67. The Labute approximate surface area is 136 Å². The highest BCUT2D eigenvalue weighted by Gasteiger charge is 2.17. The summed E-state index contributed by atoms with van der Waals surface area (Å²) < 4.78 is 4.96. The molecule has 3 rings (SSSR count). The summed E-state index contributed by atoms with van der Waals surface area (Å²) in [4.78, 5) is 24.7. The molecule has 0 saturated carbocycles. The largest absolute Gasteiger partial charge is 0.504 e. The number of phenols is 1. The molecule has 7 heteroatoms. The van der Waals surface area contributed by atoms with Crippen molar-refractivity contribution < 1.29 is 19.4 Å². The van der Waals surface area contributed by atoms with Crippen molar-refractivity contribution in [3.63, 3.8) is 0 Å². The third kappa shape index (κ3) is 3.24. The first kappa shape index (κ1) is 15.2. The lowest BCUT2D eigenvalue weighted by Crippen LogP contribution is -2.19. The summed E-state index contributed by atoms with van der Waals surface area (Å²) in [6.45, 7) is 0. The Bertz CT molecular complexity index is 792.